The van der Waals surface area contributed by atoms with E-state index in [0.717, 1.165) is 12.8 Å². The fourth-order valence-corrected chi connectivity index (χ4v) is 2.53. The van der Waals surface area contributed by atoms with Crippen LogP contribution in [0.1, 0.15) is 30.1 Å². The first kappa shape index (κ1) is 14.8. The van der Waals surface area contributed by atoms with Gasteiger partial charge in [-0.15, -0.1) is 0 Å². The van der Waals surface area contributed by atoms with Crippen LogP contribution in [0.5, 0.6) is 0 Å². The van der Waals surface area contributed by atoms with E-state index in [1.165, 1.54) is 6.20 Å². The van der Waals surface area contributed by atoms with Gasteiger partial charge in [-0.05, 0) is 31.9 Å². The number of nitrogens with zero attached hydrogens (tertiary/aromatic N) is 2. The van der Waals surface area contributed by atoms with Gasteiger partial charge < -0.3 is 9.64 Å². The fourth-order valence-electron chi connectivity index (χ4n) is 2.33. The first-order valence-electron chi connectivity index (χ1n) is 6.70. The van der Waals surface area contributed by atoms with Crippen LogP contribution in [0, 0.1) is 5.92 Å². The highest BCUT2D eigenvalue weighted by Crippen LogP contribution is 2.21. The van der Waals surface area contributed by atoms with Crippen LogP contribution in [0.3, 0.4) is 0 Å². The van der Waals surface area contributed by atoms with Gasteiger partial charge in [0.05, 0.1) is 18.1 Å². The van der Waals surface area contributed by atoms with Gasteiger partial charge in [0.25, 0.3) is 5.91 Å². The molecule has 0 bridgehead atoms. The molecule has 2 heterocycles. The monoisotopic (exact) mass is 296 g/mol. The van der Waals surface area contributed by atoms with Gasteiger partial charge >= 0.3 is 5.97 Å². The molecule has 0 spiro atoms. The Labute approximate surface area is 122 Å². The second-order valence-corrected chi connectivity index (χ2v) is 5.04. The predicted octanol–water partition coefficient (Wildman–Crippen LogP) is 2.15. The largest absolute Gasteiger partial charge is 0.466 e. The predicted molar refractivity (Wildman–Crippen MR) is 74.5 cm³/mol. The Morgan fingerprint density at radius 3 is 3.05 bits per heavy atom. The summed E-state index contributed by atoms with van der Waals surface area (Å²) in [5.74, 6) is -0.664. The first-order valence-corrected chi connectivity index (χ1v) is 7.07. The van der Waals surface area contributed by atoms with Crippen molar-refractivity contribution in [2.75, 3.05) is 19.7 Å². The lowest BCUT2D eigenvalue weighted by atomic mass is 9.97. The molecule has 108 valence electrons. The SMILES string of the molecule is CCOC(=O)[C@H]1CCCN(C(=O)c2cccnc2Cl)C1. The van der Waals surface area contributed by atoms with Gasteiger partial charge in [-0.25, -0.2) is 4.98 Å². The number of aromatic nitrogens is 1. The molecule has 1 atom stereocenters. The molecule has 1 fully saturated rings. The van der Waals surface area contributed by atoms with Gasteiger partial charge in [-0.3, -0.25) is 9.59 Å². The van der Waals surface area contributed by atoms with Gasteiger partial charge in [0.15, 0.2) is 0 Å². The van der Waals surface area contributed by atoms with Crippen molar-refractivity contribution in [3.05, 3.63) is 29.0 Å². The van der Waals surface area contributed by atoms with Crippen LogP contribution in [0.15, 0.2) is 18.3 Å². The van der Waals surface area contributed by atoms with Crippen molar-refractivity contribution < 1.29 is 14.3 Å². The molecule has 0 saturated carbocycles. The quantitative estimate of drug-likeness (QED) is 0.633. The summed E-state index contributed by atoms with van der Waals surface area (Å²) in [4.78, 5) is 29.7. The Balaban J connectivity index is 2.07. The summed E-state index contributed by atoms with van der Waals surface area (Å²) in [5.41, 5.74) is 0.374. The van der Waals surface area contributed by atoms with E-state index >= 15 is 0 Å². The van der Waals surface area contributed by atoms with Gasteiger partial charge in [-0.2, -0.15) is 0 Å². The average Bonchev–Trinajstić information content (AvgIpc) is 2.47. The Kier molecular flexibility index (Phi) is 4.95. The smallest absolute Gasteiger partial charge is 0.310 e. The van der Waals surface area contributed by atoms with Crippen LogP contribution in [0.25, 0.3) is 0 Å². The molecule has 0 unspecified atom stereocenters. The van der Waals surface area contributed by atoms with E-state index in [1.807, 2.05) is 0 Å². The highest BCUT2D eigenvalue weighted by molar-refractivity contribution is 6.32. The molecule has 0 radical (unpaired) electrons. The second kappa shape index (κ2) is 6.70. The normalized spacial score (nSPS) is 18.7. The number of piperidine rings is 1. The van der Waals surface area contributed by atoms with Crippen molar-refractivity contribution in [3.8, 4) is 0 Å². The summed E-state index contributed by atoms with van der Waals surface area (Å²) >= 11 is 5.94. The third kappa shape index (κ3) is 3.28. The number of likely N-dealkylation sites (tertiary alicyclic amines) is 1. The van der Waals surface area contributed by atoms with E-state index in [1.54, 1.807) is 24.0 Å². The Hall–Kier alpha value is -1.62. The molecule has 1 aromatic rings. The minimum absolute atomic E-state index is 0.183. The maximum atomic E-state index is 12.4. The minimum atomic E-state index is -0.247. The van der Waals surface area contributed by atoms with E-state index in [0.29, 0.717) is 25.3 Å². The molecular weight excluding hydrogens is 280 g/mol. The van der Waals surface area contributed by atoms with Crippen molar-refractivity contribution in [1.82, 2.24) is 9.88 Å². The number of hydrogen-bond acceptors (Lipinski definition) is 4. The minimum Gasteiger partial charge on any atom is -0.466 e. The van der Waals surface area contributed by atoms with Crippen molar-refractivity contribution >= 4 is 23.5 Å². The molecule has 1 amide bonds. The Morgan fingerprint density at radius 2 is 2.35 bits per heavy atom. The topological polar surface area (TPSA) is 59.5 Å². The number of amides is 1. The van der Waals surface area contributed by atoms with E-state index < -0.39 is 0 Å². The van der Waals surface area contributed by atoms with Crippen LogP contribution >= 0.6 is 11.6 Å². The van der Waals surface area contributed by atoms with Gasteiger partial charge in [0.1, 0.15) is 5.15 Å². The van der Waals surface area contributed by atoms with Gasteiger partial charge in [0.2, 0.25) is 0 Å². The number of pyridine rings is 1. The average molecular weight is 297 g/mol. The highest BCUT2D eigenvalue weighted by atomic mass is 35.5. The molecule has 1 aliphatic rings. The summed E-state index contributed by atoms with van der Waals surface area (Å²) in [7, 11) is 0. The van der Waals surface area contributed by atoms with E-state index in [-0.39, 0.29) is 22.9 Å². The number of carbonyl (C=O) groups is 2. The van der Waals surface area contributed by atoms with Crippen molar-refractivity contribution in [1.29, 1.82) is 0 Å². The molecule has 1 aromatic heterocycles. The zero-order chi connectivity index (χ0) is 14.5. The standard InChI is InChI=1S/C14H17ClN2O3/c1-2-20-14(19)10-5-4-8-17(9-10)13(18)11-6-3-7-16-12(11)15/h3,6-7,10H,2,4-5,8-9H2,1H3/t10-/m0/s1. The third-order valence-electron chi connectivity index (χ3n) is 3.32. The Morgan fingerprint density at radius 1 is 1.55 bits per heavy atom. The van der Waals surface area contributed by atoms with Crippen molar-refractivity contribution in [2.24, 2.45) is 5.92 Å². The van der Waals surface area contributed by atoms with Crippen LogP contribution < -0.4 is 0 Å². The summed E-state index contributed by atoms with van der Waals surface area (Å²) in [6.07, 6.45) is 3.08. The molecule has 6 heteroatoms. The maximum absolute atomic E-state index is 12.4. The third-order valence-corrected chi connectivity index (χ3v) is 3.62. The number of halogens is 1. The number of esters is 1. The van der Waals surface area contributed by atoms with Crippen LogP contribution in [-0.2, 0) is 9.53 Å². The number of hydrogen-bond donors (Lipinski definition) is 0. The van der Waals surface area contributed by atoms with Gasteiger partial charge in [-0.1, -0.05) is 11.6 Å². The lowest BCUT2D eigenvalue weighted by molar-refractivity contribution is -0.149. The summed E-state index contributed by atoms with van der Waals surface area (Å²) in [6, 6.07) is 3.32. The van der Waals surface area contributed by atoms with E-state index in [9.17, 15) is 9.59 Å². The van der Waals surface area contributed by atoms with Crippen LogP contribution in [0.4, 0.5) is 0 Å². The zero-order valence-electron chi connectivity index (χ0n) is 11.3. The second-order valence-electron chi connectivity index (χ2n) is 4.68. The highest BCUT2D eigenvalue weighted by Gasteiger charge is 2.30. The summed E-state index contributed by atoms with van der Waals surface area (Å²) in [5, 5.41) is 0.191. The Bertz CT molecular complexity index is 507. The molecule has 1 saturated heterocycles. The van der Waals surface area contributed by atoms with Crippen LogP contribution in [0.2, 0.25) is 5.15 Å². The maximum Gasteiger partial charge on any atom is 0.310 e. The number of carbonyl (C=O) groups excluding carboxylic acids is 2. The number of rotatable bonds is 3. The fraction of sp³-hybridized carbons (Fsp3) is 0.500. The lowest BCUT2D eigenvalue weighted by Crippen LogP contribution is -2.43. The molecule has 0 aliphatic carbocycles. The van der Waals surface area contributed by atoms with Gasteiger partial charge in [0, 0.05) is 19.3 Å². The summed E-state index contributed by atoms with van der Waals surface area (Å²) in [6.45, 7) is 3.14. The molecular formula is C14H17ClN2O3. The summed E-state index contributed by atoms with van der Waals surface area (Å²) < 4.78 is 5.02. The molecule has 2 rings (SSSR count). The van der Waals surface area contributed by atoms with E-state index in [4.69, 9.17) is 16.3 Å². The van der Waals surface area contributed by atoms with Crippen molar-refractivity contribution in [3.63, 3.8) is 0 Å². The molecule has 0 aromatic carbocycles. The van der Waals surface area contributed by atoms with Crippen LogP contribution in [-0.4, -0.2) is 41.5 Å². The zero-order valence-corrected chi connectivity index (χ0v) is 12.1. The van der Waals surface area contributed by atoms with E-state index in [2.05, 4.69) is 4.98 Å². The molecule has 5 nitrogen and oxygen atoms in total. The molecule has 20 heavy (non-hydrogen) atoms. The molecule has 1 aliphatic heterocycles. The first-order chi connectivity index (χ1) is 9.63. The van der Waals surface area contributed by atoms with Crippen molar-refractivity contribution in [2.45, 2.75) is 19.8 Å². The molecule has 0 N–H and O–H groups in total. The number of ether oxygens (including phenoxy) is 1. The lowest BCUT2D eigenvalue weighted by Gasteiger charge is -2.31.